The zero-order valence-corrected chi connectivity index (χ0v) is 12.9. The van der Waals surface area contributed by atoms with Gasteiger partial charge in [0.1, 0.15) is 17.5 Å². The Hall–Kier alpha value is -1.40. The first-order valence-electron chi connectivity index (χ1n) is 7.17. The first-order valence-corrected chi connectivity index (χ1v) is 7.17. The van der Waals surface area contributed by atoms with Gasteiger partial charge in [0.25, 0.3) is 0 Å². The molecule has 6 heteroatoms. The number of hydrazine groups is 1. The summed E-state index contributed by atoms with van der Waals surface area (Å²) in [5, 5.41) is 0. The topological polar surface area (TPSA) is 76.3 Å². The first kappa shape index (κ1) is 15.0. The number of nitrogen functional groups attached to an aromatic ring is 1. The highest BCUT2D eigenvalue weighted by Crippen LogP contribution is 2.30. The molecule has 6 nitrogen and oxygen atoms in total. The maximum atomic E-state index is 5.66. The Kier molecular flexibility index (Phi) is 4.45. The van der Waals surface area contributed by atoms with E-state index in [1.807, 2.05) is 13.8 Å². The molecule has 1 unspecified atom stereocenters. The number of nitrogens with zero attached hydrogens (tertiary/aromatic N) is 3. The average molecular weight is 279 g/mol. The predicted octanol–water partition coefficient (Wildman–Crippen LogP) is 1.64. The molecular formula is C14H25N5O. The fraction of sp³-hybridized carbons (Fsp3) is 0.714. The number of methoxy groups -OCH3 is 1. The Morgan fingerprint density at radius 1 is 1.45 bits per heavy atom. The van der Waals surface area contributed by atoms with Gasteiger partial charge in [0.05, 0.1) is 5.60 Å². The zero-order valence-electron chi connectivity index (χ0n) is 12.9. The Labute approximate surface area is 120 Å². The number of nitrogens with two attached hydrogens (primary N) is 1. The van der Waals surface area contributed by atoms with E-state index in [-0.39, 0.29) is 5.60 Å². The van der Waals surface area contributed by atoms with Gasteiger partial charge in [0.15, 0.2) is 0 Å². The molecule has 3 N–H and O–H groups in total. The fourth-order valence-corrected chi connectivity index (χ4v) is 2.71. The normalized spacial score (nSPS) is 22.9. The molecule has 0 amide bonds. The van der Waals surface area contributed by atoms with Crippen LogP contribution in [0.25, 0.3) is 0 Å². The van der Waals surface area contributed by atoms with Crippen LogP contribution in [-0.4, -0.2) is 35.8 Å². The molecular weight excluding hydrogens is 254 g/mol. The standard InChI is InChI=1S/C14H25N5O/c1-5-11-16-12(18-15)10(2)13(17-11)19-8-6-7-14(3,9-19)20-4/h5-9,15H2,1-4H3,(H,16,17,18). The molecule has 1 aromatic rings. The summed E-state index contributed by atoms with van der Waals surface area (Å²) in [6, 6.07) is 0. The van der Waals surface area contributed by atoms with Crippen LogP contribution >= 0.6 is 0 Å². The summed E-state index contributed by atoms with van der Waals surface area (Å²) >= 11 is 0. The molecule has 112 valence electrons. The van der Waals surface area contributed by atoms with E-state index in [9.17, 15) is 0 Å². The highest BCUT2D eigenvalue weighted by atomic mass is 16.5. The highest BCUT2D eigenvalue weighted by molar-refractivity contribution is 5.58. The first-order chi connectivity index (χ1) is 9.53. The molecule has 20 heavy (non-hydrogen) atoms. The van der Waals surface area contributed by atoms with Gasteiger partial charge < -0.3 is 15.1 Å². The Bertz CT molecular complexity index is 479. The number of hydrogen-bond donors (Lipinski definition) is 2. The lowest BCUT2D eigenvalue weighted by molar-refractivity contribution is -0.00484. The number of ether oxygens (including phenoxy) is 1. The van der Waals surface area contributed by atoms with Crippen LogP contribution in [0.4, 0.5) is 11.6 Å². The smallest absolute Gasteiger partial charge is 0.148 e. The molecule has 1 aliphatic heterocycles. The molecule has 1 fully saturated rings. The van der Waals surface area contributed by atoms with E-state index in [1.54, 1.807) is 7.11 Å². The van der Waals surface area contributed by atoms with Crippen molar-refractivity contribution in [2.75, 3.05) is 30.5 Å². The number of aromatic nitrogens is 2. The Morgan fingerprint density at radius 2 is 2.20 bits per heavy atom. The van der Waals surface area contributed by atoms with Crippen LogP contribution in [0.1, 0.15) is 38.1 Å². The van der Waals surface area contributed by atoms with Gasteiger partial charge >= 0.3 is 0 Å². The summed E-state index contributed by atoms with van der Waals surface area (Å²) in [4.78, 5) is 11.4. The quantitative estimate of drug-likeness (QED) is 0.644. The van der Waals surface area contributed by atoms with Gasteiger partial charge in [-0.15, -0.1) is 0 Å². The summed E-state index contributed by atoms with van der Waals surface area (Å²) in [7, 11) is 1.78. The van der Waals surface area contributed by atoms with Crippen LogP contribution in [0.15, 0.2) is 0 Å². The molecule has 0 aliphatic carbocycles. The van der Waals surface area contributed by atoms with Crippen molar-refractivity contribution in [2.24, 2.45) is 5.84 Å². The largest absolute Gasteiger partial charge is 0.377 e. The highest BCUT2D eigenvalue weighted by Gasteiger charge is 2.32. The Morgan fingerprint density at radius 3 is 2.80 bits per heavy atom. The van der Waals surface area contributed by atoms with Crippen LogP contribution in [0.5, 0.6) is 0 Å². The molecule has 2 heterocycles. The van der Waals surface area contributed by atoms with Crippen molar-refractivity contribution in [3.8, 4) is 0 Å². The van der Waals surface area contributed by atoms with E-state index in [2.05, 4.69) is 27.2 Å². The van der Waals surface area contributed by atoms with E-state index in [0.29, 0.717) is 5.82 Å². The van der Waals surface area contributed by atoms with E-state index in [0.717, 1.165) is 49.6 Å². The van der Waals surface area contributed by atoms with Gasteiger partial charge in [-0.05, 0) is 26.7 Å². The number of aryl methyl sites for hydroxylation is 1. The van der Waals surface area contributed by atoms with Crippen molar-refractivity contribution in [1.29, 1.82) is 0 Å². The summed E-state index contributed by atoms with van der Waals surface area (Å²) in [6.45, 7) is 8.03. The lowest BCUT2D eigenvalue weighted by Gasteiger charge is -2.40. The molecule has 0 radical (unpaired) electrons. The van der Waals surface area contributed by atoms with Gasteiger partial charge in [-0.3, -0.25) is 0 Å². The lowest BCUT2D eigenvalue weighted by atomic mass is 9.94. The molecule has 1 atom stereocenters. The van der Waals surface area contributed by atoms with Crippen LogP contribution in [0.2, 0.25) is 0 Å². The van der Waals surface area contributed by atoms with Gasteiger partial charge in [0.2, 0.25) is 0 Å². The van der Waals surface area contributed by atoms with Crippen molar-refractivity contribution in [2.45, 2.75) is 45.6 Å². The fourth-order valence-electron chi connectivity index (χ4n) is 2.71. The molecule has 1 saturated heterocycles. The second kappa shape index (κ2) is 5.93. The van der Waals surface area contributed by atoms with Crippen molar-refractivity contribution in [1.82, 2.24) is 9.97 Å². The molecule has 0 saturated carbocycles. The third-order valence-corrected chi connectivity index (χ3v) is 4.07. The van der Waals surface area contributed by atoms with Gasteiger partial charge in [-0.25, -0.2) is 15.8 Å². The van der Waals surface area contributed by atoms with Crippen LogP contribution < -0.4 is 16.2 Å². The minimum Gasteiger partial charge on any atom is -0.377 e. The number of rotatable bonds is 4. The zero-order chi connectivity index (χ0) is 14.8. The third kappa shape index (κ3) is 2.86. The predicted molar refractivity (Wildman–Crippen MR) is 80.8 cm³/mol. The van der Waals surface area contributed by atoms with E-state index in [4.69, 9.17) is 10.6 Å². The van der Waals surface area contributed by atoms with Crippen molar-refractivity contribution >= 4 is 11.6 Å². The second-order valence-corrected chi connectivity index (χ2v) is 5.61. The third-order valence-electron chi connectivity index (χ3n) is 4.07. The summed E-state index contributed by atoms with van der Waals surface area (Å²) in [5.74, 6) is 8.05. The Balaban J connectivity index is 2.36. The summed E-state index contributed by atoms with van der Waals surface area (Å²) in [6.07, 6.45) is 2.96. The lowest BCUT2D eigenvalue weighted by Crippen LogP contribution is -2.48. The van der Waals surface area contributed by atoms with E-state index < -0.39 is 0 Å². The maximum Gasteiger partial charge on any atom is 0.148 e. The number of nitrogens with one attached hydrogen (secondary N) is 1. The van der Waals surface area contributed by atoms with E-state index in [1.165, 1.54) is 0 Å². The van der Waals surface area contributed by atoms with Crippen molar-refractivity contribution < 1.29 is 4.74 Å². The minimum absolute atomic E-state index is 0.113. The van der Waals surface area contributed by atoms with Crippen LogP contribution in [-0.2, 0) is 11.2 Å². The van der Waals surface area contributed by atoms with Gasteiger partial charge in [-0.2, -0.15) is 0 Å². The van der Waals surface area contributed by atoms with Crippen LogP contribution in [0, 0.1) is 6.92 Å². The molecule has 0 spiro atoms. The molecule has 0 aromatic carbocycles. The van der Waals surface area contributed by atoms with Crippen LogP contribution in [0.3, 0.4) is 0 Å². The second-order valence-electron chi connectivity index (χ2n) is 5.61. The van der Waals surface area contributed by atoms with E-state index >= 15 is 0 Å². The number of hydrogen-bond acceptors (Lipinski definition) is 6. The summed E-state index contributed by atoms with van der Waals surface area (Å²) < 4.78 is 5.66. The molecule has 1 aliphatic rings. The van der Waals surface area contributed by atoms with Gasteiger partial charge in [-0.1, -0.05) is 6.92 Å². The van der Waals surface area contributed by atoms with Crippen molar-refractivity contribution in [3.63, 3.8) is 0 Å². The monoisotopic (exact) mass is 279 g/mol. The van der Waals surface area contributed by atoms with Gasteiger partial charge in [0, 0.05) is 32.2 Å². The SMILES string of the molecule is CCc1nc(NN)c(C)c(N2CCCC(C)(OC)C2)n1. The average Bonchev–Trinajstić information content (AvgIpc) is 2.47. The molecule has 2 rings (SSSR count). The number of piperidine rings is 1. The number of anilines is 2. The maximum absolute atomic E-state index is 5.66. The molecule has 1 aromatic heterocycles. The minimum atomic E-state index is -0.113. The molecule has 0 bridgehead atoms. The summed E-state index contributed by atoms with van der Waals surface area (Å²) in [5.41, 5.74) is 3.55. The van der Waals surface area contributed by atoms with Crippen molar-refractivity contribution in [3.05, 3.63) is 11.4 Å².